The molecule has 0 bridgehead atoms. The Morgan fingerprint density at radius 1 is 0.864 bits per heavy atom. The predicted octanol–water partition coefficient (Wildman–Crippen LogP) is 4.06. The van der Waals surface area contributed by atoms with Crippen LogP contribution in [0.2, 0.25) is 0 Å². The van der Waals surface area contributed by atoms with E-state index in [2.05, 4.69) is 0 Å². The summed E-state index contributed by atoms with van der Waals surface area (Å²) in [6.07, 6.45) is 0. The summed E-state index contributed by atoms with van der Waals surface area (Å²) in [5.41, 5.74) is 0.958. The van der Waals surface area contributed by atoms with Crippen molar-refractivity contribution in [3.05, 3.63) is 72.0 Å². The number of hydrogen-bond acceptors (Lipinski definition) is 3. The van der Waals surface area contributed by atoms with Crippen molar-refractivity contribution >= 4 is 20.9 Å². The maximum atomic E-state index is 13.2. The lowest BCUT2D eigenvalue weighted by atomic mass is 10.1. The number of rotatable bonds is 3. The fourth-order valence-corrected chi connectivity index (χ4v) is 3.05. The summed E-state index contributed by atoms with van der Waals surface area (Å²) in [6, 6.07) is 15.4. The van der Waals surface area contributed by atoms with Gasteiger partial charge in [0.25, 0.3) is 0 Å². The molecule has 0 radical (unpaired) electrons. The van der Waals surface area contributed by atoms with Gasteiger partial charge in [-0.1, -0.05) is 29.8 Å². The van der Waals surface area contributed by atoms with Gasteiger partial charge in [-0.25, -0.2) is 4.39 Å². The van der Waals surface area contributed by atoms with Crippen LogP contribution >= 0.6 is 0 Å². The molecule has 22 heavy (non-hydrogen) atoms. The molecular weight excluding hydrogens is 303 g/mol. The minimum absolute atomic E-state index is 0.0810. The van der Waals surface area contributed by atoms with Crippen molar-refractivity contribution in [2.24, 2.45) is 0 Å². The van der Waals surface area contributed by atoms with Crippen LogP contribution in [0, 0.1) is 12.7 Å². The topological polar surface area (TPSA) is 43.4 Å². The van der Waals surface area contributed by atoms with Crippen molar-refractivity contribution in [2.45, 2.75) is 11.8 Å². The zero-order valence-corrected chi connectivity index (χ0v) is 12.6. The number of benzene rings is 3. The first-order valence-corrected chi connectivity index (χ1v) is 8.05. The Balaban J connectivity index is 1.96. The fraction of sp³-hybridized carbons (Fsp3) is 0.0588. The minimum Gasteiger partial charge on any atom is -0.379 e. The van der Waals surface area contributed by atoms with Crippen molar-refractivity contribution in [3.8, 4) is 5.75 Å². The van der Waals surface area contributed by atoms with E-state index in [-0.39, 0.29) is 16.5 Å². The van der Waals surface area contributed by atoms with Gasteiger partial charge in [0.15, 0.2) is 0 Å². The van der Waals surface area contributed by atoms with Crippen molar-refractivity contribution < 1.29 is 17.0 Å². The maximum absolute atomic E-state index is 13.2. The van der Waals surface area contributed by atoms with Crippen LogP contribution in [0.25, 0.3) is 10.8 Å². The largest absolute Gasteiger partial charge is 0.379 e. The molecule has 3 aromatic rings. The van der Waals surface area contributed by atoms with Crippen molar-refractivity contribution in [3.63, 3.8) is 0 Å². The molecule has 0 fully saturated rings. The first-order valence-electron chi connectivity index (χ1n) is 6.64. The van der Waals surface area contributed by atoms with Crippen molar-refractivity contribution in [2.75, 3.05) is 0 Å². The van der Waals surface area contributed by atoms with Crippen LogP contribution in [0.5, 0.6) is 5.75 Å². The molecule has 3 nitrogen and oxygen atoms in total. The van der Waals surface area contributed by atoms with E-state index in [1.165, 1.54) is 30.3 Å². The molecule has 0 aliphatic carbocycles. The molecule has 3 aromatic carbocycles. The van der Waals surface area contributed by atoms with Gasteiger partial charge in [-0.15, -0.1) is 0 Å². The lowest BCUT2D eigenvalue weighted by molar-refractivity contribution is 0.486. The smallest absolute Gasteiger partial charge is 0.339 e. The second-order valence-corrected chi connectivity index (χ2v) is 6.55. The Bertz CT molecular complexity index is 932. The number of halogens is 1. The molecule has 0 saturated heterocycles. The second kappa shape index (κ2) is 5.42. The number of hydrogen-bond donors (Lipinski definition) is 0. The number of aryl methyl sites for hydroxylation is 1. The highest BCUT2D eigenvalue weighted by Crippen LogP contribution is 2.24. The van der Waals surface area contributed by atoms with E-state index in [1.54, 1.807) is 30.3 Å². The highest BCUT2D eigenvalue weighted by Gasteiger charge is 2.16. The highest BCUT2D eigenvalue weighted by atomic mass is 32.2. The van der Waals surface area contributed by atoms with Crippen LogP contribution in [0.1, 0.15) is 5.56 Å². The van der Waals surface area contributed by atoms with Crippen LogP contribution in [-0.4, -0.2) is 8.42 Å². The molecule has 0 unspecified atom stereocenters. The molecule has 0 amide bonds. The van der Waals surface area contributed by atoms with Crippen molar-refractivity contribution in [1.82, 2.24) is 0 Å². The molecule has 0 spiro atoms. The first kappa shape index (κ1) is 14.5. The monoisotopic (exact) mass is 316 g/mol. The molecule has 0 heterocycles. The molecule has 0 aromatic heterocycles. The lowest BCUT2D eigenvalue weighted by Gasteiger charge is -2.08. The van der Waals surface area contributed by atoms with Crippen LogP contribution in [-0.2, 0) is 10.1 Å². The second-order valence-electron chi connectivity index (χ2n) is 5.00. The zero-order chi connectivity index (χ0) is 15.7. The van der Waals surface area contributed by atoms with E-state index in [1.807, 2.05) is 6.92 Å². The first-order chi connectivity index (χ1) is 10.4. The van der Waals surface area contributed by atoms with Crippen LogP contribution in [0.15, 0.2) is 65.6 Å². The van der Waals surface area contributed by atoms with Crippen LogP contribution in [0.4, 0.5) is 4.39 Å². The molecule has 5 heteroatoms. The summed E-state index contributed by atoms with van der Waals surface area (Å²) in [5.74, 6) is -0.232. The summed E-state index contributed by atoms with van der Waals surface area (Å²) >= 11 is 0. The Labute approximate surface area is 128 Å². The summed E-state index contributed by atoms with van der Waals surface area (Å²) in [6.45, 7) is 1.87. The average molecular weight is 316 g/mol. The lowest BCUT2D eigenvalue weighted by Crippen LogP contribution is -2.09. The summed E-state index contributed by atoms with van der Waals surface area (Å²) in [7, 11) is -3.90. The van der Waals surface area contributed by atoms with Gasteiger partial charge in [0.1, 0.15) is 16.5 Å². The third-order valence-electron chi connectivity index (χ3n) is 3.29. The molecule has 0 aliphatic rings. The van der Waals surface area contributed by atoms with Gasteiger partial charge >= 0.3 is 10.1 Å². The Kier molecular flexibility index (Phi) is 3.58. The Morgan fingerprint density at radius 3 is 2.27 bits per heavy atom. The molecule has 0 atom stereocenters. The highest BCUT2D eigenvalue weighted by molar-refractivity contribution is 7.87. The minimum atomic E-state index is -3.90. The predicted molar refractivity (Wildman–Crippen MR) is 82.9 cm³/mol. The van der Waals surface area contributed by atoms with Crippen LogP contribution < -0.4 is 4.18 Å². The third kappa shape index (κ3) is 2.94. The van der Waals surface area contributed by atoms with E-state index < -0.39 is 10.1 Å². The van der Waals surface area contributed by atoms with Crippen molar-refractivity contribution in [1.29, 1.82) is 0 Å². The van der Waals surface area contributed by atoms with E-state index in [0.717, 1.165) is 10.9 Å². The van der Waals surface area contributed by atoms with E-state index >= 15 is 0 Å². The van der Waals surface area contributed by atoms with Gasteiger partial charge in [-0.2, -0.15) is 8.42 Å². The number of fused-ring (bicyclic) bond motifs is 1. The van der Waals surface area contributed by atoms with Crippen LogP contribution in [0.3, 0.4) is 0 Å². The van der Waals surface area contributed by atoms with Gasteiger partial charge in [0.2, 0.25) is 0 Å². The Hall–Kier alpha value is -2.40. The quantitative estimate of drug-likeness (QED) is 0.685. The summed E-state index contributed by atoms with van der Waals surface area (Å²) < 4.78 is 42.8. The molecule has 3 rings (SSSR count). The molecule has 0 N–H and O–H groups in total. The molecule has 0 saturated carbocycles. The standard InChI is InChI=1S/C17H13FO3S/c1-12-2-8-17(9-3-12)22(19,20)21-16-7-5-13-4-6-15(18)10-14(13)11-16/h2-11H,1H3. The summed E-state index contributed by atoms with van der Waals surface area (Å²) in [4.78, 5) is 0.0810. The fourth-order valence-electron chi connectivity index (χ4n) is 2.13. The SMILES string of the molecule is Cc1ccc(S(=O)(=O)Oc2ccc3ccc(F)cc3c2)cc1. The third-order valence-corrected chi connectivity index (χ3v) is 4.55. The molecule has 0 aliphatic heterocycles. The molecule has 112 valence electrons. The zero-order valence-electron chi connectivity index (χ0n) is 11.8. The van der Waals surface area contributed by atoms with Gasteiger partial charge in [-0.3, -0.25) is 0 Å². The average Bonchev–Trinajstić information content (AvgIpc) is 2.47. The van der Waals surface area contributed by atoms with Gasteiger partial charge in [0, 0.05) is 0 Å². The normalized spacial score (nSPS) is 11.5. The van der Waals surface area contributed by atoms with E-state index in [4.69, 9.17) is 4.18 Å². The molecular formula is C17H13FO3S. The summed E-state index contributed by atoms with van der Waals surface area (Å²) in [5, 5.41) is 1.39. The van der Waals surface area contributed by atoms with Gasteiger partial charge in [0.05, 0.1) is 0 Å². The van der Waals surface area contributed by atoms with Gasteiger partial charge in [-0.05, 0) is 54.1 Å². The maximum Gasteiger partial charge on any atom is 0.339 e. The van der Waals surface area contributed by atoms with E-state index in [0.29, 0.717) is 5.39 Å². The Morgan fingerprint density at radius 2 is 1.55 bits per heavy atom. The van der Waals surface area contributed by atoms with E-state index in [9.17, 15) is 12.8 Å². The van der Waals surface area contributed by atoms with Gasteiger partial charge < -0.3 is 4.18 Å².